The molecule has 0 bridgehead atoms. The summed E-state index contributed by atoms with van der Waals surface area (Å²) in [5, 5.41) is 12.9. The van der Waals surface area contributed by atoms with Crippen LogP contribution in [0.1, 0.15) is 49.2 Å². The van der Waals surface area contributed by atoms with Gasteiger partial charge in [-0.1, -0.05) is 25.0 Å². The van der Waals surface area contributed by atoms with Gasteiger partial charge >= 0.3 is 0 Å². The first-order valence-corrected chi connectivity index (χ1v) is 10.8. The van der Waals surface area contributed by atoms with Crippen molar-refractivity contribution >= 4 is 5.69 Å². The van der Waals surface area contributed by atoms with Gasteiger partial charge in [0.2, 0.25) is 5.82 Å². The third-order valence-electron chi connectivity index (χ3n) is 6.49. The molecule has 156 valence electrons. The molecular formula is C22H27FN7+. The fraction of sp³-hybridized carbons (Fsp3) is 0.455. The number of hydrogen-bond donors (Lipinski definition) is 1. The third-order valence-corrected chi connectivity index (χ3v) is 6.49. The predicted molar refractivity (Wildman–Crippen MR) is 111 cm³/mol. The summed E-state index contributed by atoms with van der Waals surface area (Å²) in [6, 6.07) is 11.6. The largest absolute Gasteiger partial charge is 0.358 e. The fourth-order valence-electron chi connectivity index (χ4n) is 4.95. The van der Waals surface area contributed by atoms with Gasteiger partial charge in [-0.25, -0.2) is 9.07 Å². The van der Waals surface area contributed by atoms with E-state index in [0.29, 0.717) is 11.7 Å². The second-order valence-electron chi connectivity index (χ2n) is 8.23. The maximum absolute atomic E-state index is 14.3. The zero-order valence-electron chi connectivity index (χ0n) is 17.0. The molecule has 2 aromatic heterocycles. The van der Waals surface area contributed by atoms with E-state index < -0.39 is 0 Å². The van der Waals surface area contributed by atoms with E-state index in [1.54, 1.807) is 6.07 Å². The summed E-state index contributed by atoms with van der Waals surface area (Å²) in [5.74, 6) is 0.777. The maximum atomic E-state index is 14.3. The van der Waals surface area contributed by atoms with Gasteiger partial charge in [0, 0.05) is 18.0 Å². The molecular weight excluding hydrogens is 381 g/mol. The molecule has 1 saturated carbocycles. The molecule has 5 rings (SSSR count). The minimum Gasteiger partial charge on any atom is -0.358 e. The number of anilines is 1. The molecule has 2 aliphatic rings. The van der Waals surface area contributed by atoms with E-state index in [0.717, 1.165) is 44.8 Å². The second-order valence-corrected chi connectivity index (χ2v) is 8.23. The third kappa shape index (κ3) is 3.67. The van der Waals surface area contributed by atoms with Crippen LogP contribution in [0.15, 0.2) is 48.8 Å². The van der Waals surface area contributed by atoms with Gasteiger partial charge in [0.05, 0.1) is 37.9 Å². The Balaban J connectivity index is 1.42. The number of benzene rings is 1. The lowest BCUT2D eigenvalue weighted by molar-refractivity contribution is -0.927. The van der Waals surface area contributed by atoms with Gasteiger partial charge in [-0.2, -0.15) is 0 Å². The van der Waals surface area contributed by atoms with Crippen molar-refractivity contribution < 1.29 is 9.29 Å². The molecule has 0 spiro atoms. The van der Waals surface area contributed by atoms with Gasteiger partial charge in [0.15, 0.2) is 6.04 Å². The van der Waals surface area contributed by atoms with E-state index in [2.05, 4.69) is 42.2 Å². The zero-order valence-corrected chi connectivity index (χ0v) is 17.0. The van der Waals surface area contributed by atoms with Crippen LogP contribution in [-0.2, 0) is 0 Å². The van der Waals surface area contributed by atoms with Crippen molar-refractivity contribution in [2.45, 2.75) is 37.8 Å². The molecule has 3 heterocycles. The Morgan fingerprint density at radius 1 is 1.00 bits per heavy atom. The van der Waals surface area contributed by atoms with Crippen molar-refractivity contribution in [1.82, 2.24) is 25.2 Å². The normalized spacial score (nSPS) is 19.3. The second kappa shape index (κ2) is 8.47. The lowest BCUT2D eigenvalue weighted by Crippen LogP contribution is -3.15. The Hall–Kier alpha value is -2.87. The molecule has 3 aromatic rings. The number of nitrogens with zero attached hydrogens (tertiary/aromatic N) is 6. The van der Waals surface area contributed by atoms with E-state index >= 15 is 0 Å². The molecule has 1 aromatic carbocycles. The van der Waals surface area contributed by atoms with E-state index in [9.17, 15) is 4.39 Å². The predicted octanol–water partition coefficient (Wildman–Crippen LogP) is 1.82. The molecule has 1 aliphatic heterocycles. The van der Waals surface area contributed by atoms with E-state index in [-0.39, 0.29) is 11.9 Å². The van der Waals surface area contributed by atoms with Gasteiger partial charge in [-0.15, -0.1) is 5.10 Å². The Labute approximate surface area is 175 Å². The number of tetrazole rings is 1. The molecule has 1 N–H and O–H groups in total. The smallest absolute Gasteiger partial charge is 0.214 e. The molecule has 8 heteroatoms. The number of halogens is 1. The van der Waals surface area contributed by atoms with Crippen LogP contribution in [0, 0.1) is 5.82 Å². The lowest BCUT2D eigenvalue weighted by atomic mass is 10.0. The fourth-order valence-corrected chi connectivity index (χ4v) is 4.95. The van der Waals surface area contributed by atoms with E-state index in [1.165, 1.54) is 29.4 Å². The van der Waals surface area contributed by atoms with Crippen molar-refractivity contribution in [3.05, 3.63) is 66.0 Å². The topological polar surface area (TPSA) is 64.2 Å². The Morgan fingerprint density at radius 3 is 2.47 bits per heavy atom. The van der Waals surface area contributed by atoms with Gasteiger partial charge < -0.3 is 9.80 Å². The van der Waals surface area contributed by atoms with Gasteiger partial charge in [0.1, 0.15) is 5.82 Å². The van der Waals surface area contributed by atoms with E-state index in [1.807, 2.05) is 24.5 Å². The molecule has 0 radical (unpaired) electrons. The number of nitrogens with one attached hydrogen (secondary N) is 1. The van der Waals surface area contributed by atoms with Gasteiger partial charge in [-0.3, -0.25) is 4.98 Å². The number of rotatable bonds is 5. The zero-order chi connectivity index (χ0) is 20.3. The number of aromatic nitrogens is 5. The monoisotopic (exact) mass is 408 g/mol. The standard InChI is InChI=1S/C22H26FN7/c23-19-7-3-4-8-20(19)28-13-15-29(16-14-28)21(17-9-11-24-12-10-17)22-25-26-27-30(22)18-5-1-2-6-18/h3-4,7-12,18,21H,1-2,5-6,13-16H2/p+1/t21-/m1/s1. The molecule has 30 heavy (non-hydrogen) atoms. The summed E-state index contributed by atoms with van der Waals surface area (Å²) in [6.07, 6.45) is 8.41. The highest BCUT2D eigenvalue weighted by Gasteiger charge is 2.36. The van der Waals surface area contributed by atoms with Crippen LogP contribution in [0.2, 0.25) is 0 Å². The molecule has 0 amide bonds. The molecule has 0 unspecified atom stereocenters. The van der Waals surface area contributed by atoms with Crippen LogP contribution in [0.5, 0.6) is 0 Å². The minimum atomic E-state index is -0.156. The summed E-state index contributed by atoms with van der Waals surface area (Å²) in [7, 11) is 0. The number of quaternary nitrogens is 1. The first-order valence-electron chi connectivity index (χ1n) is 10.8. The summed E-state index contributed by atoms with van der Waals surface area (Å²) in [4.78, 5) is 7.74. The van der Waals surface area contributed by atoms with E-state index in [4.69, 9.17) is 0 Å². The molecule has 1 atom stereocenters. The molecule has 2 fully saturated rings. The van der Waals surface area contributed by atoms with Crippen LogP contribution in [-0.4, -0.2) is 51.4 Å². The van der Waals surface area contributed by atoms with Crippen molar-refractivity contribution in [3.8, 4) is 0 Å². The summed E-state index contributed by atoms with van der Waals surface area (Å²) >= 11 is 0. The molecule has 7 nitrogen and oxygen atoms in total. The van der Waals surface area contributed by atoms with Crippen molar-refractivity contribution in [3.63, 3.8) is 0 Å². The average molecular weight is 409 g/mol. The Bertz CT molecular complexity index is 962. The number of piperazine rings is 1. The van der Waals surface area contributed by atoms with Crippen LogP contribution < -0.4 is 9.80 Å². The van der Waals surface area contributed by atoms with Crippen molar-refractivity contribution in [2.24, 2.45) is 0 Å². The van der Waals surface area contributed by atoms with Crippen molar-refractivity contribution in [2.75, 3.05) is 31.1 Å². The van der Waals surface area contributed by atoms with Crippen molar-refractivity contribution in [1.29, 1.82) is 0 Å². The first kappa shape index (κ1) is 19.1. The Morgan fingerprint density at radius 2 is 1.73 bits per heavy atom. The Kier molecular flexibility index (Phi) is 5.40. The van der Waals surface area contributed by atoms with Crippen LogP contribution in [0.25, 0.3) is 0 Å². The number of pyridine rings is 1. The number of hydrogen-bond acceptors (Lipinski definition) is 5. The van der Waals surface area contributed by atoms with Gasteiger partial charge in [0.25, 0.3) is 0 Å². The summed E-state index contributed by atoms with van der Waals surface area (Å²) < 4.78 is 16.3. The number of para-hydroxylation sites is 1. The highest BCUT2D eigenvalue weighted by Crippen LogP contribution is 2.31. The summed E-state index contributed by atoms with van der Waals surface area (Å²) in [5.41, 5.74) is 1.86. The SMILES string of the molecule is Fc1ccccc1N1CC[NH+]([C@H](c2ccncc2)c2nnnn2C2CCCC2)CC1. The highest BCUT2D eigenvalue weighted by molar-refractivity contribution is 5.47. The van der Waals surface area contributed by atoms with Crippen LogP contribution in [0.4, 0.5) is 10.1 Å². The van der Waals surface area contributed by atoms with Crippen LogP contribution >= 0.6 is 0 Å². The average Bonchev–Trinajstić information content (AvgIpc) is 3.48. The summed E-state index contributed by atoms with van der Waals surface area (Å²) in [6.45, 7) is 3.36. The maximum Gasteiger partial charge on any atom is 0.214 e. The molecule has 1 saturated heterocycles. The molecule has 1 aliphatic carbocycles. The van der Waals surface area contributed by atoms with Crippen LogP contribution in [0.3, 0.4) is 0 Å². The highest BCUT2D eigenvalue weighted by atomic mass is 19.1. The quantitative estimate of drug-likeness (QED) is 0.698. The van der Waals surface area contributed by atoms with Gasteiger partial charge in [-0.05, 0) is 47.5 Å². The minimum absolute atomic E-state index is 0.0476. The lowest BCUT2D eigenvalue weighted by Gasteiger charge is -2.37. The first-order chi connectivity index (χ1) is 14.8.